The minimum Gasteiger partial charge on any atom is -0.361 e. The van der Waals surface area contributed by atoms with Crippen molar-refractivity contribution in [2.45, 2.75) is 31.5 Å². The number of piperazine rings is 1. The summed E-state index contributed by atoms with van der Waals surface area (Å²) in [6.45, 7) is -0.547. The van der Waals surface area contributed by atoms with Crippen LogP contribution in [0.4, 0.5) is 0 Å². The van der Waals surface area contributed by atoms with Gasteiger partial charge in [0.2, 0.25) is 23.6 Å². The van der Waals surface area contributed by atoms with E-state index >= 15 is 0 Å². The lowest BCUT2D eigenvalue weighted by Crippen LogP contribution is -2.61. The van der Waals surface area contributed by atoms with Crippen LogP contribution in [0.2, 0.25) is 15.1 Å². The fourth-order valence-corrected chi connectivity index (χ4v) is 5.70. The van der Waals surface area contributed by atoms with E-state index in [2.05, 4.69) is 20.9 Å². The number of aromatic amines is 1. The summed E-state index contributed by atoms with van der Waals surface area (Å²) in [5.74, 6) is -1.75. The van der Waals surface area contributed by atoms with Crippen molar-refractivity contribution in [3.05, 3.63) is 105 Å². The first-order chi connectivity index (χ1) is 20.7. The highest BCUT2D eigenvalue weighted by atomic mass is 35.5. The molecule has 1 aliphatic heterocycles. The van der Waals surface area contributed by atoms with Crippen molar-refractivity contribution >= 4 is 69.3 Å². The number of hydrogen-bond acceptors (Lipinski definition) is 4. The van der Waals surface area contributed by atoms with Gasteiger partial charge in [-0.05, 0) is 34.9 Å². The Hall–Kier alpha value is -4.05. The maximum absolute atomic E-state index is 13.4. The molecule has 1 fully saturated rings. The Morgan fingerprint density at radius 2 is 1.65 bits per heavy atom. The number of hydrogen-bond donors (Lipinski definition) is 4. The predicted molar refractivity (Wildman–Crippen MR) is 166 cm³/mol. The van der Waals surface area contributed by atoms with Crippen molar-refractivity contribution in [3.63, 3.8) is 0 Å². The quantitative estimate of drug-likeness (QED) is 0.196. The third-order valence-corrected chi connectivity index (χ3v) is 8.35. The summed E-state index contributed by atoms with van der Waals surface area (Å²) in [7, 11) is 0. The van der Waals surface area contributed by atoms with E-state index in [4.69, 9.17) is 34.8 Å². The van der Waals surface area contributed by atoms with Crippen molar-refractivity contribution in [1.29, 1.82) is 0 Å². The maximum Gasteiger partial charge on any atom is 0.246 e. The van der Waals surface area contributed by atoms with Crippen LogP contribution in [-0.2, 0) is 38.6 Å². The number of amides is 4. The summed E-state index contributed by atoms with van der Waals surface area (Å²) < 4.78 is 0. The highest BCUT2D eigenvalue weighted by Crippen LogP contribution is 2.31. The molecule has 2 unspecified atom stereocenters. The molecule has 43 heavy (non-hydrogen) atoms. The zero-order valence-electron chi connectivity index (χ0n) is 22.8. The summed E-state index contributed by atoms with van der Waals surface area (Å²) >= 11 is 18.3. The first kappa shape index (κ1) is 30.4. The van der Waals surface area contributed by atoms with E-state index in [1.807, 2.05) is 54.6 Å². The van der Waals surface area contributed by atoms with Crippen molar-refractivity contribution in [2.75, 3.05) is 13.1 Å². The van der Waals surface area contributed by atoms with Gasteiger partial charge in [0.15, 0.2) is 0 Å². The number of carbonyl (C=O) groups is 4. The molecule has 2 heterocycles. The van der Waals surface area contributed by atoms with Crippen molar-refractivity contribution in [1.82, 2.24) is 25.8 Å². The molecule has 4 amide bonds. The van der Waals surface area contributed by atoms with Crippen LogP contribution in [-0.4, -0.2) is 58.7 Å². The molecule has 0 bridgehead atoms. The first-order valence-electron chi connectivity index (χ1n) is 13.6. The van der Waals surface area contributed by atoms with E-state index in [9.17, 15) is 19.2 Å². The number of para-hydroxylation sites is 1. The average Bonchev–Trinajstić information content (AvgIpc) is 3.39. The first-order valence-corrected chi connectivity index (χ1v) is 14.7. The third kappa shape index (κ3) is 7.48. The van der Waals surface area contributed by atoms with Crippen molar-refractivity contribution in [3.8, 4) is 0 Å². The van der Waals surface area contributed by atoms with Crippen LogP contribution in [0.3, 0.4) is 0 Å². The molecule has 4 N–H and O–H groups in total. The van der Waals surface area contributed by atoms with Crippen LogP contribution in [0, 0.1) is 0 Å². The van der Waals surface area contributed by atoms with Crippen molar-refractivity contribution in [2.24, 2.45) is 0 Å². The highest BCUT2D eigenvalue weighted by Gasteiger charge is 2.34. The molecule has 2 atom stereocenters. The van der Waals surface area contributed by atoms with Crippen LogP contribution in [0.5, 0.6) is 0 Å². The van der Waals surface area contributed by atoms with Gasteiger partial charge < -0.3 is 25.8 Å². The maximum atomic E-state index is 13.4. The van der Waals surface area contributed by atoms with Crippen LogP contribution < -0.4 is 16.0 Å². The number of benzene rings is 3. The monoisotopic (exact) mass is 639 g/mol. The molecule has 0 spiro atoms. The molecule has 9 nitrogen and oxygen atoms in total. The number of rotatable bonds is 10. The minimum atomic E-state index is -0.987. The number of nitrogens with zero attached hydrogens (tertiary/aromatic N) is 1. The van der Waals surface area contributed by atoms with Crippen LogP contribution in [0.1, 0.15) is 16.7 Å². The number of aromatic nitrogens is 1. The van der Waals surface area contributed by atoms with Crippen LogP contribution in [0.25, 0.3) is 10.9 Å². The summed E-state index contributed by atoms with van der Waals surface area (Å²) in [5.41, 5.74) is 3.22. The Morgan fingerprint density at radius 1 is 0.953 bits per heavy atom. The summed E-state index contributed by atoms with van der Waals surface area (Å²) in [5, 5.41) is 9.94. The molecule has 1 aromatic heterocycles. The molecule has 0 saturated carbocycles. The number of H-pyrrole nitrogens is 1. The molecule has 222 valence electrons. The van der Waals surface area contributed by atoms with E-state index in [0.29, 0.717) is 12.0 Å². The van der Waals surface area contributed by atoms with E-state index in [0.717, 1.165) is 22.0 Å². The second kappa shape index (κ2) is 13.5. The lowest BCUT2D eigenvalue weighted by Gasteiger charge is -2.32. The standard InChI is InChI=1S/C31H28Cl3N5O4/c32-22-10-19(11-23(33)29(22)34)14-36-30(42)25(13-20-15-35-24-9-5-4-8-21(20)24)37-27(40)16-39-17-28(41)38-26(31(39)43)12-18-6-2-1-3-7-18/h1-11,15,25-26,35H,12-14,16-17H2,(H,36,42)(H,37,40)(H,38,41). The number of nitrogens with one attached hydrogen (secondary N) is 4. The SMILES string of the molecule is O=C(CN1CC(=O)NC(Cc2ccccc2)C1=O)NC(Cc1c[nH]c2ccccc12)C(=O)NCc1cc(Cl)c(Cl)c(Cl)c1. The molecule has 12 heteroatoms. The van der Waals surface area contributed by atoms with Gasteiger partial charge in [0.25, 0.3) is 0 Å². The van der Waals surface area contributed by atoms with Crippen LogP contribution >= 0.6 is 34.8 Å². The van der Waals surface area contributed by atoms with Gasteiger partial charge in [-0.2, -0.15) is 0 Å². The van der Waals surface area contributed by atoms with Gasteiger partial charge in [-0.25, -0.2) is 0 Å². The van der Waals surface area contributed by atoms with Gasteiger partial charge in [-0.1, -0.05) is 83.3 Å². The average molecular weight is 641 g/mol. The van der Waals surface area contributed by atoms with E-state index in [1.54, 1.807) is 18.3 Å². The largest absolute Gasteiger partial charge is 0.361 e. The van der Waals surface area contributed by atoms with E-state index in [1.165, 1.54) is 4.90 Å². The molecular formula is C31H28Cl3N5O4. The summed E-state index contributed by atoms with van der Waals surface area (Å²) in [4.78, 5) is 56.7. The third-order valence-electron chi connectivity index (χ3n) is 7.16. The second-order valence-electron chi connectivity index (χ2n) is 10.3. The number of carbonyl (C=O) groups excluding carboxylic acids is 4. The van der Waals surface area contributed by atoms with Gasteiger partial charge in [0, 0.05) is 36.5 Å². The molecule has 5 rings (SSSR count). The molecule has 4 aromatic rings. The van der Waals surface area contributed by atoms with Crippen molar-refractivity contribution < 1.29 is 19.2 Å². The Bertz CT molecular complexity index is 1650. The van der Waals surface area contributed by atoms with E-state index < -0.39 is 23.9 Å². The number of halogens is 3. The molecule has 0 radical (unpaired) electrons. The Kier molecular flexibility index (Phi) is 9.55. The van der Waals surface area contributed by atoms with Gasteiger partial charge in [0.05, 0.1) is 15.1 Å². The van der Waals surface area contributed by atoms with Gasteiger partial charge in [-0.15, -0.1) is 0 Å². The number of fused-ring (bicyclic) bond motifs is 1. The molecular weight excluding hydrogens is 613 g/mol. The normalized spacial score (nSPS) is 15.7. The minimum absolute atomic E-state index is 0.0850. The van der Waals surface area contributed by atoms with Gasteiger partial charge >= 0.3 is 0 Å². The Balaban J connectivity index is 1.30. The molecule has 0 aliphatic carbocycles. The Morgan fingerprint density at radius 3 is 2.40 bits per heavy atom. The lowest BCUT2D eigenvalue weighted by molar-refractivity contribution is -0.146. The molecule has 1 saturated heterocycles. The highest BCUT2D eigenvalue weighted by molar-refractivity contribution is 6.48. The summed E-state index contributed by atoms with van der Waals surface area (Å²) in [6.07, 6.45) is 2.27. The predicted octanol–water partition coefficient (Wildman–Crippen LogP) is 4.04. The zero-order valence-corrected chi connectivity index (χ0v) is 25.1. The summed E-state index contributed by atoms with van der Waals surface area (Å²) in [6, 6.07) is 18.3. The van der Waals surface area contributed by atoms with Crippen LogP contribution in [0.15, 0.2) is 72.9 Å². The fourth-order valence-electron chi connectivity index (χ4n) is 5.06. The zero-order chi connectivity index (χ0) is 30.5. The van der Waals surface area contributed by atoms with Gasteiger partial charge in [-0.3, -0.25) is 19.2 Å². The second-order valence-corrected chi connectivity index (χ2v) is 11.5. The van der Waals surface area contributed by atoms with Gasteiger partial charge in [0.1, 0.15) is 25.2 Å². The Labute approximate surface area is 262 Å². The molecule has 3 aromatic carbocycles. The topological polar surface area (TPSA) is 123 Å². The molecule has 1 aliphatic rings. The fraction of sp³-hybridized carbons (Fsp3) is 0.226. The van der Waals surface area contributed by atoms with E-state index in [-0.39, 0.29) is 52.9 Å². The smallest absolute Gasteiger partial charge is 0.246 e. The lowest BCUT2D eigenvalue weighted by atomic mass is 10.0.